The summed E-state index contributed by atoms with van der Waals surface area (Å²) in [7, 11) is 3.78. The van der Waals surface area contributed by atoms with E-state index >= 15 is 0 Å². The summed E-state index contributed by atoms with van der Waals surface area (Å²) in [6, 6.07) is 0.413. The van der Waals surface area contributed by atoms with E-state index in [1.807, 2.05) is 11.7 Å². The van der Waals surface area contributed by atoms with Gasteiger partial charge in [0.25, 0.3) is 0 Å². The molecule has 0 radical (unpaired) electrons. The lowest BCUT2D eigenvalue weighted by Gasteiger charge is -2.21. The average Bonchev–Trinajstić information content (AvgIpc) is 2.66. The molecule has 19 heavy (non-hydrogen) atoms. The Morgan fingerprint density at radius 2 is 2.11 bits per heavy atom. The summed E-state index contributed by atoms with van der Waals surface area (Å²) in [5.41, 5.74) is 2.39. The van der Waals surface area contributed by atoms with Crippen LogP contribution < -0.4 is 5.32 Å². The smallest absolute Gasteiger partial charge is 0.0766 e. The number of nitrogens with zero attached hydrogens (tertiary/aromatic N) is 2. The van der Waals surface area contributed by atoms with E-state index in [1.54, 1.807) is 7.11 Å². The summed E-state index contributed by atoms with van der Waals surface area (Å²) in [6.07, 6.45) is 3.19. The fourth-order valence-electron chi connectivity index (χ4n) is 2.30. The van der Waals surface area contributed by atoms with Crippen molar-refractivity contribution in [2.75, 3.05) is 13.7 Å². The van der Waals surface area contributed by atoms with Crippen LogP contribution in [0.5, 0.6) is 0 Å². The molecule has 5 heteroatoms. The molecule has 0 aliphatic heterocycles. The molecule has 1 aromatic rings. The molecule has 0 aliphatic carbocycles. The van der Waals surface area contributed by atoms with Crippen LogP contribution in [-0.2, 0) is 24.6 Å². The van der Waals surface area contributed by atoms with Crippen molar-refractivity contribution in [3.8, 4) is 0 Å². The summed E-state index contributed by atoms with van der Waals surface area (Å²) < 4.78 is 8.53. The molecule has 4 nitrogen and oxygen atoms in total. The van der Waals surface area contributed by atoms with Crippen LogP contribution in [0.4, 0.5) is 0 Å². The maximum atomic E-state index is 5.38. The second-order valence-electron chi connectivity index (χ2n) is 4.93. The molecule has 110 valence electrons. The number of rotatable bonds is 8. The van der Waals surface area contributed by atoms with Crippen molar-refractivity contribution in [3.05, 3.63) is 15.9 Å². The maximum Gasteiger partial charge on any atom is 0.0766 e. The van der Waals surface area contributed by atoms with Gasteiger partial charge in [-0.2, -0.15) is 5.10 Å². The molecule has 0 fully saturated rings. The van der Waals surface area contributed by atoms with Crippen LogP contribution in [0, 0.1) is 0 Å². The molecule has 0 saturated heterocycles. The van der Waals surface area contributed by atoms with Crippen LogP contribution in [0.15, 0.2) is 4.47 Å². The third kappa shape index (κ3) is 4.58. The van der Waals surface area contributed by atoms with Gasteiger partial charge in [-0.05, 0) is 42.2 Å². The van der Waals surface area contributed by atoms with Gasteiger partial charge in [0, 0.05) is 26.6 Å². The zero-order valence-corrected chi connectivity index (χ0v) is 14.2. The van der Waals surface area contributed by atoms with Crippen molar-refractivity contribution in [3.63, 3.8) is 0 Å². The van der Waals surface area contributed by atoms with E-state index in [1.165, 1.54) is 5.69 Å². The molecule has 0 amide bonds. The number of nitrogens with one attached hydrogen (secondary N) is 1. The third-order valence-electron chi connectivity index (χ3n) is 3.45. The highest BCUT2D eigenvalue weighted by Gasteiger charge is 2.18. The molecule has 0 aliphatic rings. The molecule has 1 N–H and O–H groups in total. The molecule has 1 aromatic heterocycles. The Bertz CT molecular complexity index is 392. The van der Waals surface area contributed by atoms with Gasteiger partial charge in [-0.3, -0.25) is 4.68 Å². The predicted molar refractivity (Wildman–Crippen MR) is 82.5 cm³/mol. The van der Waals surface area contributed by atoms with Gasteiger partial charge < -0.3 is 10.1 Å². The van der Waals surface area contributed by atoms with E-state index in [9.17, 15) is 0 Å². The van der Waals surface area contributed by atoms with Crippen molar-refractivity contribution < 1.29 is 4.74 Å². The van der Waals surface area contributed by atoms with Gasteiger partial charge in [0.2, 0.25) is 0 Å². The van der Waals surface area contributed by atoms with Crippen LogP contribution in [-0.4, -0.2) is 35.6 Å². The third-order valence-corrected chi connectivity index (χ3v) is 4.37. The molecule has 2 unspecified atom stereocenters. The lowest BCUT2D eigenvalue weighted by molar-refractivity contribution is 0.100. The van der Waals surface area contributed by atoms with Gasteiger partial charge in [0.1, 0.15) is 0 Å². The van der Waals surface area contributed by atoms with Crippen molar-refractivity contribution in [2.45, 2.75) is 52.2 Å². The molecule has 0 spiro atoms. The Hall–Kier alpha value is -0.390. The first-order valence-electron chi connectivity index (χ1n) is 6.99. The molecule has 2 atom stereocenters. The Kier molecular flexibility index (Phi) is 7.04. The average molecular weight is 332 g/mol. The first-order valence-corrected chi connectivity index (χ1v) is 7.79. The van der Waals surface area contributed by atoms with Crippen molar-refractivity contribution in [1.82, 2.24) is 15.1 Å². The highest BCUT2D eigenvalue weighted by Crippen LogP contribution is 2.23. The number of hydrogen-bond acceptors (Lipinski definition) is 3. The van der Waals surface area contributed by atoms with Gasteiger partial charge in [-0.15, -0.1) is 0 Å². The van der Waals surface area contributed by atoms with Gasteiger partial charge >= 0.3 is 0 Å². The minimum Gasteiger partial charge on any atom is -0.382 e. The summed E-state index contributed by atoms with van der Waals surface area (Å²) in [6.45, 7) is 7.35. The van der Waals surface area contributed by atoms with E-state index in [0.717, 1.165) is 36.0 Å². The Morgan fingerprint density at radius 1 is 1.42 bits per heavy atom. The van der Waals surface area contributed by atoms with Crippen LogP contribution >= 0.6 is 15.9 Å². The number of ether oxygens (including phenoxy) is 1. The Morgan fingerprint density at radius 3 is 2.58 bits per heavy atom. The monoisotopic (exact) mass is 331 g/mol. The van der Waals surface area contributed by atoms with Gasteiger partial charge in [0.15, 0.2) is 0 Å². The fraction of sp³-hybridized carbons (Fsp3) is 0.786. The molecule has 0 aromatic carbocycles. The summed E-state index contributed by atoms with van der Waals surface area (Å²) in [5, 5.41) is 8.09. The first kappa shape index (κ1) is 16.7. The number of aryl methyl sites for hydroxylation is 2. The number of likely N-dealkylation sites (N-methyl/N-ethyl adjacent to an activating group) is 1. The molecular formula is C14H26BrN3O. The Balaban J connectivity index is 2.81. The summed E-state index contributed by atoms with van der Waals surface area (Å²) in [5.74, 6) is 0. The number of hydrogen-bond donors (Lipinski definition) is 1. The van der Waals surface area contributed by atoms with Gasteiger partial charge in [-0.25, -0.2) is 0 Å². The predicted octanol–water partition coefficient (Wildman–Crippen LogP) is 2.69. The quantitative estimate of drug-likeness (QED) is 0.796. The van der Waals surface area contributed by atoms with Crippen molar-refractivity contribution in [2.24, 2.45) is 7.05 Å². The molecule has 0 bridgehead atoms. The molecule has 0 saturated carbocycles. The largest absolute Gasteiger partial charge is 0.382 e. The highest BCUT2D eigenvalue weighted by molar-refractivity contribution is 9.10. The lowest BCUT2D eigenvalue weighted by Crippen LogP contribution is -2.35. The number of methoxy groups -OCH3 is 1. The van der Waals surface area contributed by atoms with E-state index in [4.69, 9.17) is 4.74 Å². The zero-order chi connectivity index (χ0) is 14.4. The minimum atomic E-state index is 0.265. The topological polar surface area (TPSA) is 39.1 Å². The van der Waals surface area contributed by atoms with Crippen LogP contribution in [0.1, 0.15) is 38.6 Å². The van der Waals surface area contributed by atoms with E-state index < -0.39 is 0 Å². The normalized spacial score (nSPS) is 14.6. The molecular weight excluding hydrogens is 306 g/mol. The second-order valence-corrected chi connectivity index (χ2v) is 5.72. The lowest BCUT2D eigenvalue weighted by atomic mass is 10.0. The van der Waals surface area contributed by atoms with E-state index in [0.29, 0.717) is 6.04 Å². The second kappa shape index (κ2) is 8.02. The SMILES string of the molecule is CCNC(Cc1c(Br)c(CC)nn1C)CC(C)OC. The van der Waals surface area contributed by atoms with Crippen molar-refractivity contribution >= 4 is 15.9 Å². The standard InChI is InChI=1S/C14H26BrN3O/c1-6-12-14(15)13(18(4)17-12)9-11(16-7-2)8-10(3)19-5/h10-11,16H,6-9H2,1-5H3. The highest BCUT2D eigenvalue weighted by atomic mass is 79.9. The zero-order valence-electron chi connectivity index (χ0n) is 12.7. The first-order chi connectivity index (χ1) is 9.03. The maximum absolute atomic E-state index is 5.38. The van der Waals surface area contributed by atoms with Gasteiger partial charge in [-0.1, -0.05) is 13.8 Å². The van der Waals surface area contributed by atoms with Crippen LogP contribution in [0.25, 0.3) is 0 Å². The van der Waals surface area contributed by atoms with E-state index in [-0.39, 0.29) is 6.10 Å². The Labute approximate surface area is 125 Å². The number of halogens is 1. The summed E-state index contributed by atoms with van der Waals surface area (Å²) in [4.78, 5) is 0. The fourth-order valence-corrected chi connectivity index (χ4v) is 3.08. The minimum absolute atomic E-state index is 0.265. The molecule has 1 heterocycles. The summed E-state index contributed by atoms with van der Waals surface area (Å²) >= 11 is 3.68. The van der Waals surface area contributed by atoms with Crippen molar-refractivity contribution in [1.29, 1.82) is 0 Å². The van der Waals surface area contributed by atoms with Crippen LogP contribution in [0.3, 0.4) is 0 Å². The number of aromatic nitrogens is 2. The van der Waals surface area contributed by atoms with Gasteiger partial charge in [0.05, 0.1) is 22.0 Å². The van der Waals surface area contributed by atoms with Crippen LogP contribution in [0.2, 0.25) is 0 Å². The van der Waals surface area contributed by atoms with E-state index in [2.05, 4.69) is 47.1 Å². The molecule has 1 rings (SSSR count).